The van der Waals surface area contributed by atoms with Gasteiger partial charge in [-0.05, 0) is 208 Å². The van der Waals surface area contributed by atoms with Gasteiger partial charge in [-0.3, -0.25) is 14.4 Å². The highest BCUT2D eigenvalue weighted by Gasteiger charge is 2.31. The lowest BCUT2D eigenvalue weighted by atomic mass is 10.1. The second-order valence-corrected chi connectivity index (χ2v) is 42.0. The molecule has 1 aliphatic carbocycles. The fourth-order valence-corrected chi connectivity index (χ4v) is 20.9. The summed E-state index contributed by atoms with van der Waals surface area (Å²) in [5.41, 5.74) is 25.7. The van der Waals surface area contributed by atoms with Crippen LogP contribution in [0.3, 0.4) is 0 Å². The number of thiophene rings is 6. The number of primary amides is 3. The number of hydrogen-bond acceptors (Lipinski definition) is 35. The summed E-state index contributed by atoms with van der Waals surface area (Å²) in [6, 6.07) is 39.0. The van der Waals surface area contributed by atoms with Crippen molar-refractivity contribution in [2.24, 2.45) is 17.2 Å². The molecule has 3 amide bonds. The van der Waals surface area contributed by atoms with Crippen LogP contribution < -0.4 is 77.5 Å². The van der Waals surface area contributed by atoms with Gasteiger partial charge in [-0.1, -0.05) is 0 Å². The number of aromatic nitrogens is 12. The zero-order valence-electron chi connectivity index (χ0n) is 81.5. The molecule has 18 aromatic rings. The smallest absolute Gasteiger partial charge is 0.392 e. The molecule has 14 heterocycles. The van der Waals surface area contributed by atoms with Gasteiger partial charge in [-0.2, -0.15) is 26.3 Å². The van der Waals surface area contributed by atoms with Crippen molar-refractivity contribution in [3.8, 4) is 34.5 Å². The van der Waals surface area contributed by atoms with Gasteiger partial charge in [0, 0.05) is 77.0 Å². The molecule has 32 nitrogen and oxygen atoms in total. The predicted octanol–water partition coefficient (Wildman–Crippen LogP) is 25.3. The van der Waals surface area contributed by atoms with Gasteiger partial charge in [-0.25, -0.2) is 73.0 Å². The Balaban J connectivity index is 0.000000128. The number of rotatable bonds is 29. The molecule has 12 aromatic heterocycles. The van der Waals surface area contributed by atoms with Gasteiger partial charge in [0.15, 0.2) is 34.9 Å². The normalized spacial score (nSPS) is 13.9. The van der Waals surface area contributed by atoms with Crippen LogP contribution in [0, 0.1) is 59.0 Å². The number of amides is 3. The van der Waals surface area contributed by atoms with E-state index in [1.165, 1.54) is 127 Å². The van der Waals surface area contributed by atoms with E-state index in [2.05, 4.69) is 91.7 Å². The lowest BCUT2D eigenvalue weighted by Crippen LogP contribution is -2.17. The molecule has 6 aromatic carbocycles. The summed E-state index contributed by atoms with van der Waals surface area (Å²) in [6.07, 6.45) is 4.00. The second kappa shape index (κ2) is 48.9. The van der Waals surface area contributed by atoms with E-state index < -0.39 is 61.9 Å². The number of nitrogens with one attached hydrogen (secondary N) is 6. The van der Waals surface area contributed by atoms with Crippen LogP contribution >= 0.6 is 68.0 Å². The summed E-state index contributed by atoms with van der Waals surface area (Å²) < 4.78 is 165. The fourth-order valence-electron chi connectivity index (χ4n) is 15.5. The van der Waals surface area contributed by atoms with Crippen LogP contribution in [0.1, 0.15) is 126 Å². The highest BCUT2D eigenvalue weighted by molar-refractivity contribution is 7.21. The summed E-state index contributed by atoms with van der Waals surface area (Å²) >= 11 is 9.46. The first-order chi connectivity index (χ1) is 71.9. The van der Waals surface area contributed by atoms with Gasteiger partial charge in [0.1, 0.15) is 102 Å². The number of aryl methyl sites for hydroxylation is 6. The minimum absolute atomic E-state index is 0.00992. The van der Waals surface area contributed by atoms with E-state index in [4.69, 9.17) is 55.1 Å². The van der Waals surface area contributed by atoms with E-state index >= 15 is 0 Å². The molecule has 780 valence electrons. The summed E-state index contributed by atoms with van der Waals surface area (Å²) in [6.45, 7) is 17.0. The molecule has 2 unspecified atom stereocenters. The number of hydrogen-bond donors (Lipinski definition) is 9. The summed E-state index contributed by atoms with van der Waals surface area (Å²) in [4.78, 5) is 92.4. The summed E-state index contributed by atoms with van der Waals surface area (Å²) in [5, 5.41) is 19.2. The maximum absolute atomic E-state index is 13.7. The van der Waals surface area contributed by atoms with E-state index in [0.29, 0.717) is 118 Å². The van der Waals surface area contributed by atoms with E-state index in [1.807, 2.05) is 97.9 Å². The highest BCUT2D eigenvalue weighted by Crippen LogP contribution is 2.44. The first kappa shape index (κ1) is 108. The quantitative estimate of drug-likeness (QED) is 0.0197. The minimum Gasteiger partial charge on any atom is -0.491 e. The zero-order valence-corrected chi connectivity index (χ0v) is 86.4. The second-order valence-electron chi connectivity index (χ2n) is 34.5. The molecule has 0 radical (unpaired) electrons. The minimum atomic E-state index is -4.35. The van der Waals surface area contributed by atoms with Crippen molar-refractivity contribution >= 4 is 216 Å². The van der Waals surface area contributed by atoms with Gasteiger partial charge in [0.2, 0.25) is 17.7 Å². The third kappa shape index (κ3) is 29.1. The molecule has 0 bridgehead atoms. The Hall–Kier alpha value is -15.1. The Labute approximate surface area is 875 Å². The highest BCUT2D eigenvalue weighted by atomic mass is 32.1. The Bertz CT molecular complexity index is 7690. The molecule has 150 heavy (non-hydrogen) atoms. The molecule has 2 saturated heterocycles. The van der Waals surface area contributed by atoms with Crippen LogP contribution in [0.2, 0.25) is 0 Å². The number of benzene rings is 6. The molecule has 0 spiro atoms. The Kier molecular flexibility index (Phi) is 35.1. The van der Waals surface area contributed by atoms with Crippen LogP contribution in [0.15, 0.2) is 184 Å². The number of fused-ring (bicyclic) bond motifs is 6. The number of nitrogens with zero attached hydrogens (tertiary/aromatic N) is 12. The third-order valence-corrected chi connectivity index (χ3v) is 28.6. The van der Waals surface area contributed by atoms with Crippen LogP contribution in [-0.4, -0.2) is 154 Å². The van der Waals surface area contributed by atoms with Crippen molar-refractivity contribution in [2.45, 2.75) is 144 Å². The van der Waals surface area contributed by atoms with Crippen LogP contribution in [0.25, 0.3) is 61.3 Å². The average molecular weight is 2170 g/mol. The molecule has 2 aliphatic heterocycles. The first-order valence-corrected chi connectivity index (χ1v) is 51.7. The molecule has 47 heteroatoms. The maximum Gasteiger partial charge on any atom is 0.392 e. The van der Waals surface area contributed by atoms with Gasteiger partial charge in [-0.15, -0.1) is 68.0 Å². The van der Waals surface area contributed by atoms with Gasteiger partial charge >= 0.3 is 12.4 Å². The van der Waals surface area contributed by atoms with Crippen molar-refractivity contribution in [3.05, 3.63) is 247 Å². The molecular weight excluding hydrogens is 2070 g/mol. The average Bonchev–Trinajstić information content (AvgIpc) is 1.64. The first-order valence-electron chi connectivity index (χ1n) is 46.8. The standard InChI is InChI=1S/C19H20N4O2S.C18H18N4O3S.C17H15F3N4O2S.C17H16FN3O2S.C16H13F4N3OS.C16H16FN3OS/c1-11-8-15-17(26-11)19(22-10-21-15)23-14-7-6-12(18(20)24)9-16(14)25-13-4-2-3-5-13;1-10-6-14-16(26-10)18(21-9-20-14)22-13-3-2-11(17(19)23)7-15(13)25-12-4-5-24-8-12;1-9-6-12-14(27-9)16(23-8-22-12)24-11-3-2-10(15(21)25)7-13(11)26-5-4-17(18,19)20;1-10-6-14-16(24-10)17(20-9-19-14)21-13-3-2-11(18)7-15(13)23-12-4-5-22-8-12;1-9-6-12-14(25-9)15(22-8-21-12)23-11-3-2-10(17)7-13(11)24-5-4-16(18,19)20;1-9(2)21-14-7-11(17)4-5-12(14)20-16-15-13(18-8-19-16)6-10(3)22-15/h6-10,13H,2-5H2,1H3,(H2,20,24)(H,21,22,23);2-3,6-7,9,12H,4-5,8H2,1H3,(H2,19,23)(H,20,21,22);2-3,6-8H,4-5H2,1H3,(H2,21,25)(H,22,23,24);2-3,6-7,9,12H,4-5,8H2,1H3,(H,19,20,21);2-3,6-8H,4-5H2,1H3,(H,21,22,23);4-9H,1-3H3,(H,18,19,20). The topological polar surface area (TPSA) is 430 Å². The number of carbonyl (C=O) groups excluding carboxylic acids is 3. The van der Waals surface area contributed by atoms with Gasteiger partial charge in [0.25, 0.3) is 0 Å². The number of carbonyl (C=O) groups is 3. The molecular formula is C103H98F9N21O11S6. The van der Waals surface area contributed by atoms with Crippen molar-refractivity contribution in [3.63, 3.8) is 0 Å². The van der Waals surface area contributed by atoms with Crippen molar-refractivity contribution in [1.82, 2.24) is 59.8 Å². The van der Waals surface area contributed by atoms with E-state index in [-0.39, 0.29) is 53.1 Å². The monoisotopic (exact) mass is 2170 g/mol. The van der Waals surface area contributed by atoms with Crippen molar-refractivity contribution in [2.75, 3.05) is 71.5 Å². The molecule has 12 N–H and O–H groups in total. The molecule has 21 rings (SSSR count). The molecule has 3 fully saturated rings. The van der Waals surface area contributed by atoms with E-state index in [1.54, 1.807) is 94.1 Å². The SMILES string of the molecule is Cc1cc2ncnc(Nc3ccc(C(N)=O)cc3OC3CCCC3)c2s1.Cc1cc2ncnc(Nc3ccc(C(N)=O)cc3OC3CCOC3)c2s1.Cc1cc2ncnc(Nc3ccc(C(N)=O)cc3OCCC(F)(F)F)c2s1.Cc1cc2ncnc(Nc3ccc(F)cc3OC(C)C)c2s1.Cc1cc2ncnc(Nc3ccc(F)cc3OC3CCOC3)c2s1.Cc1cc2ncnc(Nc3ccc(F)cc3OCCC(F)(F)F)c2s1. The molecule has 2 atom stereocenters. The van der Waals surface area contributed by atoms with Gasteiger partial charge < -0.3 is 87.0 Å². The van der Waals surface area contributed by atoms with Crippen LogP contribution in [-0.2, 0) is 9.47 Å². The lowest BCUT2D eigenvalue weighted by Gasteiger charge is -2.18. The van der Waals surface area contributed by atoms with E-state index in [0.717, 1.165) is 129 Å². The zero-order chi connectivity index (χ0) is 106. The number of nitrogens with two attached hydrogens (primary N) is 3. The molecule has 3 aliphatic rings. The third-order valence-electron chi connectivity index (χ3n) is 22.4. The summed E-state index contributed by atoms with van der Waals surface area (Å²) in [7, 11) is 0. The predicted molar refractivity (Wildman–Crippen MR) is 567 cm³/mol. The van der Waals surface area contributed by atoms with Crippen LogP contribution in [0.5, 0.6) is 34.5 Å². The fraction of sp³-hybridized carbons (Fsp3) is 0.272. The number of alkyl halides is 6. The van der Waals surface area contributed by atoms with E-state index in [9.17, 15) is 53.9 Å². The van der Waals surface area contributed by atoms with Crippen molar-refractivity contribution in [1.29, 1.82) is 0 Å². The Morgan fingerprint density at radius 3 is 0.860 bits per heavy atom. The number of halogens is 9. The van der Waals surface area contributed by atoms with Crippen LogP contribution in [0.4, 0.5) is 109 Å². The number of anilines is 12. The maximum atomic E-state index is 13.7. The Morgan fingerprint density at radius 1 is 0.340 bits per heavy atom. The summed E-state index contributed by atoms with van der Waals surface area (Å²) in [5.74, 6) is 3.03. The Morgan fingerprint density at radius 2 is 0.587 bits per heavy atom. The largest absolute Gasteiger partial charge is 0.491 e. The van der Waals surface area contributed by atoms with Crippen molar-refractivity contribution < 1.29 is 91.8 Å². The number of ether oxygens (including phenoxy) is 8. The lowest BCUT2D eigenvalue weighted by molar-refractivity contribution is -0.140. The van der Waals surface area contributed by atoms with Gasteiger partial charge in [0.05, 0.1) is 160 Å². The molecule has 1 saturated carbocycles.